The van der Waals surface area contributed by atoms with Crippen LogP contribution in [0.1, 0.15) is 78.2 Å². The maximum atomic E-state index is 13.8. The molecular formula is C36H59N9O9. The van der Waals surface area contributed by atoms with Gasteiger partial charge in [0.05, 0.1) is 6.04 Å². The van der Waals surface area contributed by atoms with Crippen LogP contribution in [-0.2, 0) is 35.2 Å². The van der Waals surface area contributed by atoms with Gasteiger partial charge in [-0.25, -0.2) is 9.59 Å². The second-order valence-electron chi connectivity index (χ2n) is 13.5. The van der Waals surface area contributed by atoms with Crippen LogP contribution in [0.3, 0.4) is 0 Å². The maximum absolute atomic E-state index is 13.8. The summed E-state index contributed by atoms with van der Waals surface area (Å²) in [5, 5.41) is 34.9. The lowest BCUT2D eigenvalue weighted by Gasteiger charge is -2.27. The van der Waals surface area contributed by atoms with E-state index in [0.29, 0.717) is 24.9 Å². The molecule has 18 nitrogen and oxygen atoms in total. The van der Waals surface area contributed by atoms with Crippen LogP contribution in [-0.4, -0.2) is 101 Å². The van der Waals surface area contributed by atoms with Crippen molar-refractivity contribution in [2.75, 3.05) is 13.1 Å². The van der Waals surface area contributed by atoms with Crippen molar-refractivity contribution < 1.29 is 43.8 Å². The molecule has 0 aromatic heterocycles. The summed E-state index contributed by atoms with van der Waals surface area (Å²) in [6.07, 6.45) is 4.75. The number of carbonyl (C=O) groups excluding carboxylic acids is 6. The van der Waals surface area contributed by atoms with Gasteiger partial charge in [-0.2, -0.15) is 0 Å². The molecule has 0 aliphatic heterocycles. The molecule has 0 heterocycles. The monoisotopic (exact) mass is 761 g/mol. The minimum absolute atomic E-state index is 0.00385. The fourth-order valence-corrected chi connectivity index (χ4v) is 5.21. The predicted octanol–water partition coefficient (Wildman–Crippen LogP) is -0.620. The standard InChI is InChI=1S/C36H59N9O9/c1-5-6-10-25(33(50)44-28(20-23-13-15-24(46)16-14-23)34(51)45-29(35(52)53)19-21(2)3)42-31(48)26(11-7-8-17-37)43-32(49)27(41-30(47)22(4)38)12-9-18-40-36(39)54/h5-6,13-16,21-22,25-29,46H,7-12,17-20,37-38H2,1-4H3,(H,41,47)(H,42,48)(H,43,49)(H,44,50)(H,45,51)(H,52,53)(H3,39,40,54)/b6-5+/t22-,25-,26-,27-,28-,29-/m0/s1. The highest BCUT2D eigenvalue weighted by Gasteiger charge is 2.32. The van der Waals surface area contributed by atoms with Gasteiger partial charge in [-0.15, -0.1) is 0 Å². The van der Waals surface area contributed by atoms with Crippen LogP contribution in [0.25, 0.3) is 0 Å². The number of hydrogen-bond donors (Lipinski definition) is 11. The second kappa shape index (κ2) is 24.9. The zero-order chi connectivity index (χ0) is 40.8. The fourth-order valence-electron chi connectivity index (χ4n) is 5.21. The number of hydrogen-bond acceptors (Lipinski definition) is 10. The second-order valence-corrected chi connectivity index (χ2v) is 13.5. The summed E-state index contributed by atoms with van der Waals surface area (Å²) >= 11 is 0. The Kier molecular flexibility index (Phi) is 21.6. The molecule has 1 aromatic carbocycles. The van der Waals surface area contributed by atoms with E-state index < -0.39 is 77.8 Å². The number of nitrogens with two attached hydrogens (primary N) is 3. The van der Waals surface area contributed by atoms with Crippen molar-refractivity contribution in [1.82, 2.24) is 31.9 Å². The quantitative estimate of drug-likeness (QED) is 0.0441. The van der Waals surface area contributed by atoms with E-state index in [1.807, 2.05) is 0 Å². The minimum Gasteiger partial charge on any atom is -0.508 e. The molecule has 7 amide bonds. The number of carboxylic acid groups (broad SMARTS) is 1. The van der Waals surface area contributed by atoms with Crippen LogP contribution in [0.15, 0.2) is 36.4 Å². The molecule has 54 heavy (non-hydrogen) atoms. The molecule has 1 aromatic rings. The number of aliphatic carboxylic acids is 1. The molecule has 0 radical (unpaired) electrons. The summed E-state index contributed by atoms with van der Waals surface area (Å²) in [4.78, 5) is 90.1. The first-order valence-corrected chi connectivity index (χ1v) is 18.1. The Labute approximate surface area is 316 Å². The summed E-state index contributed by atoms with van der Waals surface area (Å²) in [6, 6.07) is -1.83. The Hall–Kier alpha value is -5.23. The first-order valence-electron chi connectivity index (χ1n) is 18.1. The van der Waals surface area contributed by atoms with Crippen LogP contribution in [0, 0.1) is 5.92 Å². The van der Waals surface area contributed by atoms with Gasteiger partial charge in [0.15, 0.2) is 0 Å². The van der Waals surface area contributed by atoms with E-state index in [1.165, 1.54) is 19.1 Å². The molecule has 6 atom stereocenters. The first-order chi connectivity index (χ1) is 25.5. The number of rotatable bonds is 25. The Morgan fingerprint density at radius 3 is 1.74 bits per heavy atom. The lowest BCUT2D eigenvalue weighted by Crippen LogP contribution is -2.59. The molecule has 18 heteroatoms. The Morgan fingerprint density at radius 2 is 1.22 bits per heavy atom. The minimum atomic E-state index is -1.28. The van der Waals surface area contributed by atoms with Crippen molar-refractivity contribution in [1.29, 1.82) is 0 Å². The summed E-state index contributed by atoms with van der Waals surface area (Å²) in [6.45, 7) is 7.20. The molecule has 0 aliphatic rings. The number of allylic oxidation sites excluding steroid dienone is 1. The molecule has 0 aliphatic carbocycles. The third kappa shape index (κ3) is 18.5. The first kappa shape index (κ1) is 46.8. The molecule has 0 unspecified atom stereocenters. The zero-order valence-corrected chi connectivity index (χ0v) is 31.6. The smallest absolute Gasteiger partial charge is 0.326 e. The average molecular weight is 762 g/mol. The fraction of sp³-hybridized carbons (Fsp3) is 0.583. The van der Waals surface area contributed by atoms with E-state index >= 15 is 0 Å². The summed E-state index contributed by atoms with van der Waals surface area (Å²) in [5.74, 6) is -4.89. The lowest BCUT2D eigenvalue weighted by atomic mass is 10.0. The Bertz CT molecular complexity index is 1420. The molecule has 1 rings (SSSR count). The lowest BCUT2D eigenvalue weighted by molar-refractivity contribution is -0.142. The van der Waals surface area contributed by atoms with Gasteiger partial charge in [0.2, 0.25) is 29.5 Å². The number of primary amides is 1. The zero-order valence-electron chi connectivity index (χ0n) is 31.6. The van der Waals surface area contributed by atoms with E-state index in [2.05, 4.69) is 31.9 Å². The van der Waals surface area contributed by atoms with Crippen molar-refractivity contribution in [2.24, 2.45) is 23.1 Å². The highest BCUT2D eigenvalue weighted by atomic mass is 16.4. The van der Waals surface area contributed by atoms with Crippen LogP contribution in [0.4, 0.5) is 4.79 Å². The van der Waals surface area contributed by atoms with E-state index in [-0.39, 0.29) is 56.7 Å². The van der Waals surface area contributed by atoms with Crippen LogP contribution >= 0.6 is 0 Å². The number of aromatic hydroxyl groups is 1. The van der Waals surface area contributed by atoms with E-state index in [0.717, 1.165) is 0 Å². The van der Waals surface area contributed by atoms with Crippen LogP contribution in [0.2, 0.25) is 0 Å². The maximum Gasteiger partial charge on any atom is 0.326 e. The van der Waals surface area contributed by atoms with Gasteiger partial charge >= 0.3 is 12.0 Å². The highest BCUT2D eigenvalue weighted by molar-refractivity contribution is 5.96. The Morgan fingerprint density at radius 1 is 0.722 bits per heavy atom. The normalized spacial score (nSPS) is 14.5. The molecule has 0 fully saturated rings. The third-order valence-corrected chi connectivity index (χ3v) is 8.17. The number of carboxylic acids is 1. The van der Waals surface area contributed by atoms with E-state index in [1.54, 1.807) is 45.1 Å². The SMILES string of the molecule is C/C=C/C[C@H](NC(=O)[C@H](CCCCN)NC(=O)[C@H](CCCNC(N)=O)NC(=O)[C@H](C)N)C(=O)N[C@@H](Cc1ccc(O)cc1)C(=O)N[C@@H](CC(C)C)C(=O)O. The predicted molar refractivity (Wildman–Crippen MR) is 201 cm³/mol. The van der Waals surface area contributed by atoms with Crippen molar-refractivity contribution in [2.45, 2.75) is 115 Å². The molecule has 302 valence electrons. The molecule has 14 N–H and O–H groups in total. The number of benzene rings is 1. The van der Waals surface area contributed by atoms with E-state index in [9.17, 15) is 43.8 Å². The molecule has 0 bridgehead atoms. The van der Waals surface area contributed by atoms with Gasteiger partial charge in [-0.05, 0) is 89.0 Å². The number of carbonyl (C=O) groups is 7. The molecular weight excluding hydrogens is 702 g/mol. The van der Waals surface area contributed by atoms with Gasteiger partial charge in [-0.3, -0.25) is 24.0 Å². The summed E-state index contributed by atoms with van der Waals surface area (Å²) in [5.41, 5.74) is 17.0. The van der Waals surface area contributed by atoms with Crippen molar-refractivity contribution in [3.8, 4) is 5.75 Å². The largest absolute Gasteiger partial charge is 0.508 e. The molecule has 0 spiro atoms. The van der Waals surface area contributed by atoms with Crippen LogP contribution < -0.4 is 49.1 Å². The third-order valence-electron chi connectivity index (χ3n) is 8.17. The number of phenols is 1. The van der Waals surface area contributed by atoms with Crippen molar-refractivity contribution in [3.63, 3.8) is 0 Å². The summed E-state index contributed by atoms with van der Waals surface area (Å²) in [7, 11) is 0. The van der Waals surface area contributed by atoms with E-state index in [4.69, 9.17) is 17.2 Å². The number of amides is 7. The van der Waals surface area contributed by atoms with Crippen molar-refractivity contribution in [3.05, 3.63) is 42.0 Å². The Balaban J connectivity index is 3.36. The highest BCUT2D eigenvalue weighted by Crippen LogP contribution is 2.13. The number of phenolic OH excluding ortho intramolecular Hbond substituents is 1. The van der Waals surface area contributed by atoms with Gasteiger partial charge in [0.1, 0.15) is 36.0 Å². The van der Waals surface area contributed by atoms with Crippen molar-refractivity contribution >= 4 is 41.5 Å². The number of urea groups is 1. The van der Waals surface area contributed by atoms with Gasteiger partial charge in [0.25, 0.3) is 0 Å². The topological polar surface area (TPSA) is 310 Å². The van der Waals surface area contributed by atoms with Gasteiger partial charge in [-0.1, -0.05) is 38.1 Å². The average Bonchev–Trinajstić information content (AvgIpc) is 3.10. The molecule has 0 saturated heterocycles. The van der Waals surface area contributed by atoms with Crippen LogP contribution in [0.5, 0.6) is 5.75 Å². The molecule has 0 saturated carbocycles. The van der Waals surface area contributed by atoms with Gasteiger partial charge < -0.3 is 59.3 Å². The number of nitrogens with one attached hydrogen (secondary N) is 6. The van der Waals surface area contributed by atoms with Gasteiger partial charge in [0, 0.05) is 13.0 Å². The number of unbranched alkanes of at least 4 members (excludes halogenated alkanes) is 1. The summed E-state index contributed by atoms with van der Waals surface area (Å²) < 4.78 is 0.